The van der Waals surface area contributed by atoms with Gasteiger partial charge in [-0.2, -0.15) is 5.10 Å². The summed E-state index contributed by atoms with van der Waals surface area (Å²) in [5, 5.41) is 10.2. The number of ether oxygens (including phenoxy) is 1. The van der Waals surface area contributed by atoms with Crippen LogP contribution in [0.15, 0.2) is 36.5 Å². The Balaban J connectivity index is 1.53. The van der Waals surface area contributed by atoms with Gasteiger partial charge in [-0.15, -0.1) is 0 Å². The summed E-state index contributed by atoms with van der Waals surface area (Å²) in [6.45, 7) is 2.71. The highest BCUT2D eigenvalue weighted by molar-refractivity contribution is 5.88. The van der Waals surface area contributed by atoms with Gasteiger partial charge in [0.05, 0.1) is 12.2 Å². The Bertz CT molecular complexity index is 764. The van der Waals surface area contributed by atoms with Gasteiger partial charge in [-0.3, -0.25) is 5.32 Å². The van der Waals surface area contributed by atoms with Crippen LogP contribution >= 0.6 is 0 Å². The fourth-order valence-electron chi connectivity index (χ4n) is 4.07. The summed E-state index contributed by atoms with van der Waals surface area (Å²) >= 11 is 0. The Morgan fingerprint density at radius 1 is 1.32 bits per heavy atom. The van der Waals surface area contributed by atoms with Crippen LogP contribution in [0.5, 0.6) is 5.75 Å². The summed E-state index contributed by atoms with van der Waals surface area (Å²) in [6.07, 6.45) is 7.02. The molecule has 1 aromatic carbocycles. The number of amides is 2. The van der Waals surface area contributed by atoms with Crippen molar-refractivity contribution >= 4 is 11.8 Å². The van der Waals surface area contributed by atoms with Crippen LogP contribution in [-0.4, -0.2) is 21.4 Å². The van der Waals surface area contributed by atoms with Gasteiger partial charge in [0.15, 0.2) is 0 Å². The van der Waals surface area contributed by atoms with Gasteiger partial charge >= 0.3 is 6.03 Å². The van der Waals surface area contributed by atoms with E-state index in [0.717, 1.165) is 30.6 Å². The molecule has 2 aromatic rings. The summed E-state index contributed by atoms with van der Waals surface area (Å²) in [4.78, 5) is 12.6. The van der Waals surface area contributed by atoms with Crippen molar-refractivity contribution in [3.63, 3.8) is 0 Å². The first-order chi connectivity index (χ1) is 12.2. The van der Waals surface area contributed by atoms with Crippen molar-refractivity contribution in [2.24, 2.45) is 0 Å². The Morgan fingerprint density at radius 3 is 2.92 bits per heavy atom. The third kappa shape index (κ3) is 3.08. The molecule has 2 amide bonds. The topological polar surface area (TPSA) is 68.2 Å². The van der Waals surface area contributed by atoms with E-state index in [-0.39, 0.29) is 17.7 Å². The molecule has 1 aliphatic heterocycles. The predicted octanol–water partition coefficient (Wildman–Crippen LogP) is 3.86. The smallest absolute Gasteiger partial charge is 0.320 e. The standard InChI is InChI=1S/C19H24N4O2/c1-2-23-17(9-12-20-23)22-18(24)21-15-13-19(10-5-6-11-19)25-16-8-4-3-7-14(15)16/h3-4,7-9,12,15H,2,5-6,10-11,13H2,1H3,(H2,21,22,24). The van der Waals surface area contributed by atoms with Gasteiger partial charge in [-0.05, 0) is 38.7 Å². The number of benzene rings is 1. The molecule has 2 heterocycles. The largest absolute Gasteiger partial charge is 0.487 e. The predicted molar refractivity (Wildman–Crippen MR) is 95.7 cm³/mol. The zero-order valence-electron chi connectivity index (χ0n) is 14.5. The second-order valence-corrected chi connectivity index (χ2v) is 6.92. The summed E-state index contributed by atoms with van der Waals surface area (Å²) in [6, 6.07) is 9.59. The van der Waals surface area contributed by atoms with Crippen LogP contribution in [0.25, 0.3) is 0 Å². The maximum Gasteiger partial charge on any atom is 0.320 e. The Hall–Kier alpha value is -2.50. The van der Waals surface area contributed by atoms with Gasteiger partial charge in [0.2, 0.25) is 0 Å². The molecule has 1 spiro atoms. The highest BCUT2D eigenvalue weighted by atomic mass is 16.5. The SMILES string of the molecule is CCn1nccc1NC(=O)NC1CC2(CCCC2)Oc2ccccc21. The average Bonchev–Trinajstić information content (AvgIpc) is 3.24. The van der Waals surface area contributed by atoms with E-state index in [1.54, 1.807) is 16.9 Å². The van der Waals surface area contributed by atoms with Crippen molar-refractivity contribution in [1.29, 1.82) is 0 Å². The molecule has 1 fully saturated rings. The molecule has 1 aliphatic carbocycles. The Kier molecular flexibility index (Phi) is 4.11. The van der Waals surface area contributed by atoms with Gasteiger partial charge < -0.3 is 10.1 Å². The highest BCUT2D eigenvalue weighted by Crippen LogP contribution is 2.46. The molecule has 6 nitrogen and oxygen atoms in total. The van der Waals surface area contributed by atoms with Crippen molar-refractivity contribution in [2.75, 3.05) is 5.32 Å². The lowest BCUT2D eigenvalue weighted by Gasteiger charge is -2.40. The fourth-order valence-corrected chi connectivity index (χ4v) is 4.07. The number of nitrogens with zero attached hydrogens (tertiary/aromatic N) is 2. The van der Waals surface area contributed by atoms with E-state index in [0.29, 0.717) is 12.4 Å². The highest BCUT2D eigenvalue weighted by Gasteiger charge is 2.43. The number of aryl methyl sites for hydroxylation is 1. The number of hydrogen-bond acceptors (Lipinski definition) is 3. The van der Waals surface area contributed by atoms with Crippen LogP contribution in [0.3, 0.4) is 0 Å². The molecule has 25 heavy (non-hydrogen) atoms. The second kappa shape index (κ2) is 6.43. The van der Waals surface area contributed by atoms with Crippen LogP contribution in [0.2, 0.25) is 0 Å². The number of rotatable bonds is 3. The minimum absolute atomic E-state index is 0.0407. The zero-order chi connectivity index (χ0) is 17.3. The van der Waals surface area contributed by atoms with Gasteiger partial charge in [-0.1, -0.05) is 18.2 Å². The molecular weight excluding hydrogens is 316 g/mol. The average molecular weight is 340 g/mol. The molecule has 1 saturated carbocycles. The first-order valence-electron chi connectivity index (χ1n) is 9.06. The van der Waals surface area contributed by atoms with E-state index in [1.165, 1.54) is 12.8 Å². The maximum atomic E-state index is 12.6. The third-order valence-corrected chi connectivity index (χ3v) is 5.27. The molecule has 2 N–H and O–H groups in total. The van der Waals surface area contributed by atoms with Gasteiger partial charge in [-0.25, -0.2) is 9.48 Å². The van der Waals surface area contributed by atoms with E-state index in [1.807, 2.05) is 31.2 Å². The van der Waals surface area contributed by atoms with Crippen LogP contribution in [-0.2, 0) is 6.54 Å². The van der Waals surface area contributed by atoms with Crippen LogP contribution in [0.4, 0.5) is 10.6 Å². The Morgan fingerprint density at radius 2 is 2.12 bits per heavy atom. The van der Waals surface area contributed by atoms with Crippen molar-refractivity contribution in [2.45, 2.75) is 57.2 Å². The number of carbonyl (C=O) groups excluding carboxylic acids is 1. The fraction of sp³-hybridized carbons (Fsp3) is 0.474. The molecular formula is C19H24N4O2. The summed E-state index contributed by atoms with van der Waals surface area (Å²) in [5.41, 5.74) is 0.927. The molecule has 0 bridgehead atoms. The molecule has 132 valence electrons. The van der Waals surface area contributed by atoms with E-state index in [2.05, 4.69) is 15.7 Å². The lowest BCUT2D eigenvalue weighted by Crippen LogP contribution is -2.44. The molecule has 6 heteroatoms. The van der Waals surface area contributed by atoms with E-state index < -0.39 is 0 Å². The maximum absolute atomic E-state index is 12.6. The Labute approximate surface area is 147 Å². The molecule has 1 unspecified atom stereocenters. The van der Waals surface area contributed by atoms with Gasteiger partial charge in [0.25, 0.3) is 0 Å². The number of aromatic nitrogens is 2. The van der Waals surface area contributed by atoms with E-state index in [9.17, 15) is 4.79 Å². The van der Waals surface area contributed by atoms with Gasteiger partial charge in [0.1, 0.15) is 17.2 Å². The van der Waals surface area contributed by atoms with E-state index >= 15 is 0 Å². The normalized spacial score (nSPS) is 20.8. The molecule has 1 atom stereocenters. The molecule has 1 aromatic heterocycles. The quantitative estimate of drug-likeness (QED) is 0.891. The van der Waals surface area contributed by atoms with E-state index in [4.69, 9.17) is 4.74 Å². The summed E-state index contributed by atoms with van der Waals surface area (Å²) in [7, 11) is 0. The minimum atomic E-state index is -0.204. The van der Waals surface area contributed by atoms with Crippen LogP contribution in [0.1, 0.15) is 50.6 Å². The lowest BCUT2D eigenvalue weighted by atomic mass is 9.86. The number of anilines is 1. The number of urea groups is 1. The molecule has 0 radical (unpaired) electrons. The summed E-state index contributed by atoms with van der Waals surface area (Å²) in [5.74, 6) is 1.61. The summed E-state index contributed by atoms with van der Waals surface area (Å²) < 4.78 is 8.11. The van der Waals surface area contributed by atoms with Crippen LogP contribution < -0.4 is 15.4 Å². The second-order valence-electron chi connectivity index (χ2n) is 6.92. The van der Waals surface area contributed by atoms with Crippen molar-refractivity contribution in [1.82, 2.24) is 15.1 Å². The number of para-hydroxylation sites is 1. The van der Waals surface area contributed by atoms with Crippen molar-refractivity contribution < 1.29 is 9.53 Å². The molecule has 4 rings (SSSR count). The first kappa shape index (κ1) is 16.0. The number of fused-ring (bicyclic) bond motifs is 1. The number of nitrogens with one attached hydrogen (secondary N) is 2. The molecule has 0 saturated heterocycles. The van der Waals surface area contributed by atoms with Crippen molar-refractivity contribution in [3.8, 4) is 5.75 Å². The monoisotopic (exact) mass is 340 g/mol. The lowest BCUT2D eigenvalue weighted by molar-refractivity contribution is 0.0388. The number of carbonyl (C=O) groups is 1. The molecule has 2 aliphatic rings. The zero-order valence-corrected chi connectivity index (χ0v) is 14.5. The number of hydrogen-bond donors (Lipinski definition) is 2. The first-order valence-corrected chi connectivity index (χ1v) is 9.06. The minimum Gasteiger partial charge on any atom is -0.487 e. The van der Waals surface area contributed by atoms with Gasteiger partial charge in [0, 0.05) is 24.6 Å². The van der Waals surface area contributed by atoms with Crippen molar-refractivity contribution in [3.05, 3.63) is 42.1 Å². The van der Waals surface area contributed by atoms with Crippen LogP contribution in [0, 0.1) is 0 Å². The third-order valence-electron chi connectivity index (χ3n) is 5.27.